The van der Waals surface area contributed by atoms with Gasteiger partial charge in [-0.1, -0.05) is 12.1 Å². The third kappa shape index (κ3) is 6.35. The molecule has 0 atom stereocenters. The van der Waals surface area contributed by atoms with Crippen molar-refractivity contribution in [2.45, 2.75) is 32.7 Å². The summed E-state index contributed by atoms with van der Waals surface area (Å²) in [6.45, 7) is 6.76. The van der Waals surface area contributed by atoms with E-state index in [1.807, 2.05) is 26.8 Å². The summed E-state index contributed by atoms with van der Waals surface area (Å²) in [6.07, 6.45) is 0.709. The van der Waals surface area contributed by atoms with Gasteiger partial charge in [0.05, 0.1) is 6.54 Å². The second-order valence-electron chi connectivity index (χ2n) is 5.35. The van der Waals surface area contributed by atoms with Crippen molar-refractivity contribution in [2.24, 2.45) is 0 Å². The SMILES string of the molecule is CC(C)(C)NC(=O)CNCCc1cccc(F)c1. The summed E-state index contributed by atoms with van der Waals surface area (Å²) >= 11 is 0. The van der Waals surface area contributed by atoms with Crippen molar-refractivity contribution < 1.29 is 9.18 Å². The fourth-order valence-electron chi connectivity index (χ4n) is 1.59. The highest BCUT2D eigenvalue weighted by atomic mass is 19.1. The molecular formula is C14H21FN2O. The van der Waals surface area contributed by atoms with Crippen LogP contribution in [0.3, 0.4) is 0 Å². The smallest absolute Gasteiger partial charge is 0.234 e. The predicted molar refractivity (Wildman–Crippen MR) is 70.9 cm³/mol. The van der Waals surface area contributed by atoms with E-state index >= 15 is 0 Å². The molecule has 0 fully saturated rings. The van der Waals surface area contributed by atoms with Crippen LogP contribution in [0.15, 0.2) is 24.3 Å². The van der Waals surface area contributed by atoms with Crippen LogP contribution in [0, 0.1) is 5.82 Å². The lowest BCUT2D eigenvalue weighted by molar-refractivity contribution is -0.121. The fraction of sp³-hybridized carbons (Fsp3) is 0.500. The van der Waals surface area contributed by atoms with Gasteiger partial charge in [-0.3, -0.25) is 4.79 Å². The number of hydrogen-bond donors (Lipinski definition) is 2. The number of nitrogens with one attached hydrogen (secondary N) is 2. The molecule has 0 spiro atoms. The van der Waals surface area contributed by atoms with Crippen LogP contribution in [0.2, 0.25) is 0 Å². The van der Waals surface area contributed by atoms with Gasteiger partial charge in [0.1, 0.15) is 5.82 Å². The average molecular weight is 252 g/mol. The lowest BCUT2D eigenvalue weighted by atomic mass is 10.1. The molecule has 0 aromatic heterocycles. The van der Waals surface area contributed by atoms with Crippen molar-refractivity contribution in [1.82, 2.24) is 10.6 Å². The molecule has 1 aromatic rings. The Labute approximate surface area is 108 Å². The van der Waals surface area contributed by atoms with Crippen LogP contribution in [0.4, 0.5) is 4.39 Å². The molecule has 0 saturated carbocycles. The molecule has 0 bridgehead atoms. The number of halogens is 1. The number of benzene rings is 1. The molecule has 100 valence electrons. The van der Waals surface area contributed by atoms with E-state index in [0.717, 1.165) is 5.56 Å². The van der Waals surface area contributed by atoms with Gasteiger partial charge in [0.25, 0.3) is 0 Å². The van der Waals surface area contributed by atoms with Crippen molar-refractivity contribution in [3.8, 4) is 0 Å². The second-order valence-corrected chi connectivity index (χ2v) is 5.35. The summed E-state index contributed by atoms with van der Waals surface area (Å²) in [6, 6.07) is 6.50. The van der Waals surface area contributed by atoms with Crippen LogP contribution in [-0.4, -0.2) is 24.5 Å². The van der Waals surface area contributed by atoms with Crippen molar-refractivity contribution in [1.29, 1.82) is 0 Å². The van der Waals surface area contributed by atoms with Gasteiger partial charge in [-0.2, -0.15) is 0 Å². The third-order valence-corrected chi connectivity index (χ3v) is 2.28. The van der Waals surface area contributed by atoms with Crippen LogP contribution in [0.25, 0.3) is 0 Å². The summed E-state index contributed by atoms with van der Waals surface area (Å²) in [7, 11) is 0. The average Bonchev–Trinajstić information content (AvgIpc) is 2.22. The standard InChI is InChI=1S/C14H21FN2O/c1-14(2,3)17-13(18)10-16-8-7-11-5-4-6-12(15)9-11/h4-6,9,16H,7-8,10H2,1-3H3,(H,17,18). The molecule has 0 aliphatic rings. The number of amides is 1. The zero-order valence-corrected chi connectivity index (χ0v) is 11.2. The molecule has 0 aliphatic carbocycles. The van der Waals surface area contributed by atoms with E-state index in [1.165, 1.54) is 12.1 Å². The van der Waals surface area contributed by atoms with Gasteiger partial charge >= 0.3 is 0 Å². The number of rotatable bonds is 5. The lowest BCUT2D eigenvalue weighted by Crippen LogP contribution is -2.45. The van der Waals surface area contributed by atoms with Crippen LogP contribution < -0.4 is 10.6 Å². The first kappa shape index (κ1) is 14.6. The van der Waals surface area contributed by atoms with Crippen molar-refractivity contribution in [2.75, 3.05) is 13.1 Å². The van der Waals surface area contributed by atoms with Gasteiger partial charge in [-0.05, 0) is 51.4 Å². The normalized spacial score (nSPS) is 11.3. The zero-order valence-electron chi connectivity index (χ0n) is 11.2. The van der Waals surface area contributed by atoms with E-state index in [-0.39, 0.29) is 23.8 Å². The van der Waals surface area contributed by atoms with E-state index in [4.69, 9.17) is 0 Å². The quantitative estimate of drug-likeness (QED) is 0.786. The summed E-state index contributed by atoms with van der Waals surface area (Å²) in [5.41, 5.74) is 0.722. The predicted octanol–water partition coefficient (Wildman–Crippen LogP) is 1.87. The lowest BCUT2D eigenvalue weighted by Gasteiger charge is -2.20. The van der Waals surface area contributed by atoms with Crippen LogP contribution in [0.1, 0.15) is 26.3 Å². The highest BCUT2D eigenvalue weighted by molar-refractivity contribution is 5.78. The second kappa shape index (κ2) is 6.50. The summed E-state index contributed by atoms with van der Waals surface area (Å²) in [5.74, 6) is -0.250. The Morgan fingerprint density at radius 3 is 2.67 bits per heavy atom. The van der Waals surface area contributed by atoms with E-state index in [0.29, 0.717) is 13.0 Å². The number of hydrogen-bond acceptors (Lipinski definition) is 2. The van der Waals surface area contributed by atoms with E-state index in [9.17, 15) is 9.18 Å². The number of carbonyl (C=O) groups excluding carboxylic acids is 1. The van der Waals surface area contributed by atoms with E-state index in [1.54, 1.807) is 6.07 Å². The Hall–Kier alpha value is -1.42. The van der Waals surface area contributed by atoms with Crippen LogP contribution >= 0.6 is 0 Å². The maximum Gasteiger partial charge on any atom is 0.234 e. The van der Waals surface area contributed by atoms with Gasteiger partial charge in [-0.15, -0.1) is 0 Å². The highest BCUT2D eigenvalue weighted by Gasteiger charge is 2.12. The van der Waals surface area contributed by atoms with E-state index < -0.39 is 0 Å². The van der Waals surface area contributed by atoms with Crippen LogP contribution in [-0.2, 0) is 11.2 Å². The van der Waals surface area contributed by atoms with Crippen LogP contribution in [0.5, 0.6) is 0 Å². The fourth-order valence-corrected chi connectivity index (χ4v) is 1.59. The molecule has 0 unspecified atom stereocenters. The maximum atomic E-state index is 12.9. The summed E-state index contributed by atoms with van der Waals surface area (Å²) in [5, 5.41) is 5.91. The maximum absolute atomic E-state index is 12.9. The molecule has 1 amide bonds. The molecule has 1 rings (SSSR count). The third-order valence-electron chi connectivity index (χ3n) is 2.28. The molecular weight excluding hydrogens is 231 g/mol. The molecule has 0 heterocycles. The van der Waals surface area contributed by atoms with Gasteiger partial charge < -0.3 is 10.6 Å². The topological polar surface area (TPSA) is 41.1 Å². The number of carbonyl (C=O) groups is 1. The Bertz CT molecular complexity index is 399. The molecule has 0 saturated heterocycles. The van der Waals surface area contributed by atoms with Crippen molar-refractivity contribution >= 4 is 5.91 Å². The molecule has 18 heavy (non-hydrogen) atoms. The molecule has 0 radical (unpaired) electrons. The van der Waals surface area contributed by atoms with Gasteiger partial charge in [-0.25, -0.2) is 4.39 Å². The Balaban J connectivity index is 2.21. The van der Waals surface area contributed by atoms with E-state index in [2.05, 4.69) is 10.6 Å². The highest BCUT2D eigenvalue weighted by Crippen LogP contribution is 2.03. The monoisotopic (exact) mass is 252 g/mol. The summed E-state index contributed by atoms with van der Waals surface area (Å²) in [4.78, 5) is 11.5. The first-order valence-corrected chi connectivity index (χ1v) is 6.13. The minimum Gasteiger partial charge on any atom is -0.350 e. The summed E-state index contributed by atoms with van der Waals surface area (Å²) < 4.78 is 12.9. The molecule has 4 heteroatoms. The first-order chi connectivity index (χ1) is 8.37. The minimum absolute atomic E-state index is 0.0262. The van der Waals surface area contributed by atoms with Crippen molar-refractivity contribution in [3.63, 3.8) is 0 Å². The Morgan fingerprint density at radius 2 is 2.06 bits per heavy atom. The molecule has 1 aromatic carbocycles. The largest absolute Gasteiger partial charge is 0.350 e. The first-order valence-electron chi connectivity index (χ1n) is 6.13. The Morgan fingerprint density at radius 1 is 1.33 bits per heavy atom. The Kier molecular flexibility index (Phi) is 5.28. The van der Waals surface area contributed by atoms with Gasteiger partial charge in [0.2, 0.25) is 5.91 Å². The van der Waals surface area contributed by atoms with Gasteiger partial charge in [0.15, 0.2) is 0 Å². The zero-order chi connectivity index (χ0) is 13.6. The molecule has 0 aliphatic heterocycles. The molecule has 2 N–H and O–H groups in total. The minimum atomic E-state index is -0.224. The van der Waals surface area contributed by atoms with Crippen molar-refractivity contribution in [3.05, 3.63) is 35.6 Å². The van der Waals surface area contributed by atoms with Gasteiger partial charge in [0, 0.05) is 5.54 Å². The molecule has 3 nitrogen and oxygen atoms in total.